The fraction of sp³-hybridized carbons (Fsp3) is 0.600. The van der Waals surface area contributed by atoms with Gasteiger partial charge in [-0.2, -0.15) is 0 Å². The Kier molecular flexibility index (Phi) is 5.35. The summed E-state index contributed by atoms with van der Waals surface area (Å²) in [7, 11) is 0. The van der Waals surface area contributed by atoms with Crippen LogP contribution in [-0.4, -0.2) is 30.5 Å². The number of pyridine rings is 1. The molecule has 1 aliphatic rings. The average molecular weight is 276 g/mol. The first-order valence-electron chi connectivity index (χ1n) is 7.40. The lowest BCUT2D eigenvalue weighted by Crippen LogP contribution is -2.38. The molecule has 1 aromatic heterocycles. The van der Waals surface area contributed by atoms with Gasteiger partial charge in [0.15, 0.2) is 0 Å². The van der Waals surface area contributed by atoms with Crippen LogP contribution in [0.2, 0.25) is 0 Å². The molecule has 110 valence electrons. The Hall–Kier alpha value is -1.62. The van der Waals surface area contributed by atoms with Gasteiger partial charge in [0.25, 0.3) is 0 Å². The molecule has 1 aromatic rings. The first-order valence-corrected chi connectivity index (χ1v) is 7.40. The zero-order chi connectivity index (χ0) is 14.4. The number of nitrogens with zero attached hydrogens (tertiary/aromatic N) is 2. The van der Waals surface area contributed by atoms with Crippen LogP contribution < -0.4 is 16.0 Å². The average Bonchev–Trinajstić information content (AvgIpc) is 2.48. The fourth-order valence-corrected chi connectivity index (χ4v) is 2.51. The predicted octanol–water partition coefficient (Wildman–Crippen LogP) is 1.28. The molecule has 1 fully saturated rings. The highest BCUT2D eigenvalue weighted by Crippen LogP contribution is 2.21. The number of amides is 1. The van der Waals surface area contributed by atoms with Crippen LogP contribution in [0.4, 0.5) is 5.82 Å². The van der Waals surface area contributed by atoms with Gasteiger partial charge in [0.2, 0.25) is 5.91 Å². The molecule has 0 spiro atoms. The maximum atomic E-state index is 11.1. The normalized spacial score (nSPS) is 16.4. The first kappa shape index (κ1) is 14.8. The van der Waals surface area contributed by atoms with Gasteiger partial charge in [-0.25, -0.2) is 4.98 Å². The van der Waals surface area contributed by atoms with E-state index in [-0.39, 0.29) is 11.8 Å². The molecule has 20 heavy (non-hydrogen) atoms. The van der Waals surface area contributed by atoms with Crippen LogP contribution in [0.1, 0.15) is 31.7 Å². The van der Waals surface area contributed by atoms with Crippen molar-refractivity contribution in [3.05, 3.63) is 23.9 Å². The third-order valence-corrected chi connectivity index (χ3v) is 3.79. The van der Waals surface area contributed by atoms with Crippen molar-refractivity contribution in [3.8, 4) is 0 Å². The van der Waals surface area contributed by atoms with Crippen molar-refractivity contribution in [2.75, 3.05) is 24.5 Å². The predicted molar refractivity (Wildman–Crippen MR) is 80.4 cm³/mol. The second-order valence-electron chi connectivity index (χ2n) is 5.37. The summed E-state index contributed by atoms with van der Waals surface area (Å²) in [6, 6.07) is 4.18. The standard InChI is InChI=1S/C15H24N4O/c1-2-7-17-10-12-3-4-14(18-11-12)19-8-5-13(6-9-19)15(16)20/h3-4,11,13,17H,2,5-10H2,1H3,(H2,16,20). The number of rotatable bonds is 6. The summed E-state index contributed by atoms with van der Waals surface area (Å²) in [6.45, 7) is 5.76. The van der Waals surface area contributed by atoms with Crippen molar-refractivity contribution in [2.24, 2.45) is 11.7 Å². The molecule has 2 rings (SSSR count). The lowest BCUT2D eigenvalue weighted by atomic mass is 9.96. The van der Waals surface area contributed by atoms with E-state index >= 15 is 0 Å². The molecule has 5 nitrogen and oxygen atoms in total. The van der Waals surface area contributed by atoms with Crippen molar-refractivity contribution in [1.82, 2.24) is 10.3 Å². The van der Waals surface area contributed by atoms with Gasteiger partial charge in [0.1, 0.15) is 5.82 Å². The van der Waals surface area contributed by atoms with Crippen LogP contribution >= 0.6 is 0 Å². The minimum Gasteiger partial charge on any atom is -0.369 e. The number of carbonyl (C=O) groups excluding carboxylic acids is 1. The third kappa shape index (κ3) is 3.93. The molecule has 1 aliphatic heterocycles. The Labute approximate surface area is 120 Å². The number of hydrogen-bond donors (Lipinski definition) is 2. The van der Waals surface area contributed by atoms with E-state index in [0.29, 0.717) is 0 Å². The van der Waals surface area contributed by atoms with E-state index in [4.69, 9.17) is 5.73 Å². The summed E-state index contributed by atoms with van der Waals surface area (Å²) in [4.78, 5) is 17.9. The van der Waals surface area contributed by atoms with Gasteiger partial charge in [-0.1, -0.05) is 13.0 Å². The largest absolute Gasteiger partial charge is 0.369 e. The Morgan fingerprint density at radius 3 is 2.75 bits per heavy atom. The smallest absolute Gasteiger partial charge is 0.220 e. The van der Waals surface area contributed by atoms with E-state index in [2.05, 4.69) is 34.3 Å². The SMILES string of the molecule is CCCNCc1ccc(N2CCC(C(N)=O)CC2)nc1. The van der Waals surface area contributed by atoms with Crippen LogP contribution in [0.3, 0.4) is 0 Å². The number of piperidine rings is 1. The van der Waals surface area contributed by atoms with E-state index in [1.807, 2.05) is 6.20 Å². The minimum atomic E-state index is -0.171. The molecule has 0 atom stereocenters. The summed E-state index contributed by atoms with van der Waals surface area (Å²) in [5, 5.41) is 3.36. The second kappa shape index (κ2) is 7.24. The van der Waals surface area contributed by atoms with Gasteiger partial charge in [-0.05, 0) is 37.4 Å². The molecule has 3 N–H and O–H groups in total. The molecule has 0 unspecified atom stereocenters. The Bertz CT molecular complexity index is 424. The van der Waals surface area contributed by atoms with E-state index in [9.17, 15) is 4.79 Å². The maximum absolute atomic E-state index is 11.1. The summed E-state index contributed by atoms with van der Waals surface area (Å²) < 4.78 is 0. The van der Waals surface area contributed by atoms with Crippen molar-refractivity contribution in [3.63, 3.8) is 0 Å². The van der Waals surface area contributed by atoms with E-state index < -0.39 is 0 Å². The Morgan fingerprint density at radius 2 is 2.20 bits per heavy atom. The molecule has 1 amide bonds. The van der Waals surface area contributed by atoms with Gasteiger partial charge in [0.05, 0.1) is 0 Å². The number of nitrogens with one attached hydrogen (secondary N) is 1. The zero-order valence-electron chi connectivity index (χ0n) is 12.1. The van der Waals surface area contributed by atoms with Crippen LogP contribution in [0, 0.1) is 5.92 Å². The maximum Gasteiger partial charge on any atom is 0.220 e. The third-order valence-electron chi connectivity index (χ3n) is 3.79. The lowest BCUT2D eigenvalue weighted by molar-refractivity contribution is -0.122. The molecule has 0 aromatic carbocycles. The van der Waals surface area contributed by atoms with Gasteiger partial charge >= 0.3 is 0 Å². The highest BCUT2D eigenvalue weighted by atomic mass is 16.1. The monoisotopic (exact) mass is 276 g/mol. The molecule has 0 bridgehead atoms. The molecular formula is C15H24N4O. The molecular weight excluding hydrogens is 252 g/mol. The van der Waals surface area contributed by atoms with Gasteiger partial charge in [-0.3, -0.25) is 4.79 Å². The van der Waals surface area contributed by atoms with Crippen LogP contribution in [0.25, 0.3) is 0 Å². The zero-order valence-corrected chi connectivity index (χ0v) is 12.1. The number of nitrogens with two attached hydrogens (primary N) is 1. The summed E-state index contributed by atoms with van der Waals surface area (Å²) in [5.74, 6) is 0.853. The minimum absolute atomic E-state index is 0.0313. The number of anilines is 1. The molecule has 0 saturated carbocycles. The van der Waals surface area contributed by atoms with E-state index in [0.717, 1.165) is 51.3 Å². The van der Waals surface area contributed by atoms with Crippen LogP contribution in [-0.2, 0) is 11.3 Å². The summed E-state index contributed by atoms with van der Waals surface area (Å²) in [6.07, 6.45) is 4.73. The summed E-state index contributed by atoms with van der Waals surface area (Å²) in [5.41, 5.74) is 6.55. The number of primary amides is 1. The van der Waals surface area contributed by atoms with Crippen molar-refractivity contribution < 1.29 is 4.79 Å². The van der Waals surface area contributed by atoms with Gasteiger partial charge < -0.3 is 16.0 Å². The number of aromatic nitrogens is 1. The number of hydrogen-bond acceptors (Lipinski definition) is 4. The van der Waals surface area contributed by atoms with Crippen molar-refractivity contribution >= 4 is 11.7 Å². The molecule has 0 radical (unpaired) electrons. The highest BCUT2D eigenvalue weighted by molar-refractivity contribution is 5.76. The fourth-order valence-electron chi connectivity index (χ4n) is 2.51. The highest BCUT2D eigenvalue weighted by Gasteiger charge is 2.23. The van der Waals surface area contributed by atoms with Crippen molar-refractivity contribution in [1.29, 1.82) is 0 Å². The van der Waals surface area contributed by atoms with Crippen LogP contribution in [0.15, 0.2) is 18.3 Å². The second-order valence-corrected chi connectivity index (χ2v) is 5.37. The molecule has 5 heteroatoms. The van der Waals surface area contributed by atoms with Crippen molar-refractivity contribution in [2.45, 2.75) is 32.7 Å². The molecule has 1 saturated heterocycles. The molecule has 0 aliphatic carbocycles. The van der Waals surface area contributed by atoms with Gasteiger partial charge in [0, 0.05) is 31.7 Å². The van der Waals surface area contributed by atoms with E-state index in [1.54, 1.807) is 0 Å². The quantitative estimate of drug-likeness (QED) is 0.768. The molecule has 2 heterocycles. The van der Waals surface area contributed by atoms with Gasteiger partial charge in [-0.15, -0.1) is 0 Å². The summed E-state index contributed by atoms with van der Waals surface area (Å²) >= 11 is 0. The Morgan fingerprint density at radius 1 is 1.45 bits per heavy atom. The Balaban J connectivity index is 1.86. The lowest BCUT2D eigenvalue weighted by Gasteiger charge is -2.31. The van der Waals surface area contributed by atoms with E-state index in [1.165, 1.54) is 5.56 Å². The van der Waals surface area contributed by atoms with Crippen LogP contribution in [0.5, 0.6) is 0 Å². The number of carbonyl (C=O) groups is 1. The topological polar surface area (TPSA) is 71.2 Å². The first-order chi connectivity index (χ1) is 9.70.